The summed E-state index contributed by atoms with van der Waals surface area (Å²) in [4.78, 5) is 25.0. The van der Waals surface area contributed by atoms with E-state index in [9.17, 15) is 9.59 Å². The maximum Gasteiger partial charge on any atom is 0.411 e. The van der Waals surface area contributed by atoms with Gasteiger partial charge < -0.3 is 9.53 Å². The van der Waals surface area contributed by atoms with Crippen LogP contribution in [0.3, 0.4) is 0 Å². The van der Waals surface area contributed by atoms with E-state index in [0.29, 0.717) is 6.54 Å². The van der Waals surface area contributed by atoms with E-state index in [0.717, 1.165) is 32.0 Å². The average molecular weight is 241 g/mol. The summed E-state index contributed by atoms with van der Waals surface area (Å²) >= 11 is 0. The first kappa shape index (κ1) is 14.0. The number of amides is 1. The second-order valence-electron chi connectivity index (χ2n) is 5.71. The summed E-state index contributed by atoms with van der Waals surface area (Å²) < 4.78 is 5.35. The van der Waals surface area contributed by atoms with Crippen molar-refractivity contribution < 1.29 is 14.3 Å². The Balaban J connectivity index is 2.81. The third kappa shape index (κ3) is 3.20. The van der Waals surface area contributed by atoms with E-state index in [4.69, 9.17) is 4.74 Å². The van der Waals surface area contributed by atoms with Crippen molar-refractivity contribution in [3.05, 3.63) is 0 Å². The summed E-state index contributed by atoms with van der Waals surface area (Å²) in [5.74, 6) is 0. The van der Waals surface area contributed by atoms with Crippen LogP contribution < -0.4 is 0 Å². The van der Waals surface area contributed by atoms with Crippen molar-refractivity contribution in [1.82, 2.24) is 4.90 Å². The van der Waals surface area contributed by atoms with Crippen molar-refractivity contribution in [2.75, 3.05) is 6.54 Å². The topological polar surface area (TPSA) is 46.6 Å². The van der Waals surface area contributed by atoms with Gasteiger partial charge in [0.2, 0.25) is 0 Å². The number of carbonyl (C=O) groups is 2. The Morgan fingerprint density at radius 3 is 2.59 bits per heavy atom. The minimum atomic E-state index is -0.628. The molecule has 4 heteroatoms. The van der Waals surface area contributed by atoms with Crippen LogP contribution in [0.5, 0.6) is 0 Å². The first-order valence-corrected chi connectivity index (χ1v) is 6.31. The molecule has 1 atom stereocenters. The van der Waals surface area contributed by atoms with Crippen LogP contribution in [0.15, 0.2) is 0 Å². The molecule has 1 fully saturated rings. The minimum absolute atomic E-state index is 0.365. The highest BCUT2D eigenvalue weighted by molar-refractivity contribution is 5.77. The molecule has 0 aromatic rings. The van der Waals surface area contributed by atoms with E-state index in [1.807, 2.05) is 27.7 Å². The number of rotatable bonds is 3. The molecule has 0 radical (unpaired) electrons. The second kappa shape index (κ2) is 5.07. The standard InChI is InChI=1S/C13H23NO3/c1-5-7-13(10-15)8-6-9-14(13)11(16)17-12(2,3)4/h10H,5-9H2,1-4H3/t13-/m0/s1. The first-order valence-electron chi connectivity index (χ1n) is 6.31. The van der Waals surface area contributed by atoms with Gasteiger partial charge in [0.05, 0.1) is 0 Å². The summed E-state index contributed by atoms with van der Waals surface area (Å²) in [6.07, 6.45) is 3.79. The molecular weight excluding hydrogens is 218 g/mol. The molecule has 1 saturated heterocycles. The fourth-order valence-electron chi connectivity index (χ4n) is 2.37. The Bertz CT molecular complexity index is 296. The zero-order chi connectivity index (χ0) is 13.1. The molecule has 1 aliphatic rings. The molecule has 0 bridgehead atoms. The highest BCUT2D eigenvalue weighted by Crippen LogP contribution is 2.33. The van der Waals surface area contributed by atoms with Crippen molar-refractivity contribution in [3.63, 3.8) is 0 Å². The van der Waals surface area contributed by atoms with E-state index in [1.165, 1.54) is 0 Å². The summed E-state index contributed by atoms with van der Waals surface area (Å²) in [6.45, 7) is 8.15. The van der Waals surface area contributed by atoms with Gasteiger partial charge in [0.25, 0.3) is 0 Å². The highest BCUT2D eigenvalue weighted by Gasteiger charge is 2.44. The fraction of sp³-hybridized carbons (Fsp3) is 0.846. The monoisotopic (exact) mass is 241 g/mol. The molecule has 0 aromatic carbocycles. The molecule has 1 heterocycles. The molecular formula is C13H23NO3. The Morgan fingerprint density at radius 1 is 1.47 bits per heavy atom. The molecule has 1 amide bonds. The fourth-order valence-corrected chi connectivity index (χ4v) is 2.37. The Labute approximate surface area is 103 Å². The summed E-state index contributed by atoms with van der Waals surface area (Å²) in [5.41, 5.74) is -1.14. The molecule has 98 valence electrons. The third-order valence-corrected chi connectivity index (χ3v) is 3.05. The maximum absolute atomic E-state index is 12.1. The van der Waals surface area contributed by atoms with Gasteiger partial charge in [-0.05, 0) is 40.0 Å². The minimum Gasteiger partial charge on any atom is -0.444 e. The Kier molecular flexibility index (Phi) is 4.17. The molecule has 0 aromatic heterocycles. The molecule has 0 spiro atoms. The number of aldehydes is 1. The molecule has 17 heavy (non-hydrogen) atoms. The summed E-state index contributed by atoms with van der Waals surface area (Å²) in [5, 5.41) is 0. The summed E-state index contributed by atoms with van der Waals surface area (Å²) in [6, 6.07) is 0. The smallest absolute Gasteiger partial charge is 0.411 e. The van der Waals surface area contributed by atoms with Crippen LogP contribution in [0.1, 0.15) is 53.4 Å². The van der Waals surface area contributed by atoms with E-state index in [1.54, 1.807) is 4.90 Å². The molecule has 4 nitrogen and oxygen atoms in total. The van der Waals surface area contributed by atoms with Crippen LogP contribution in [0.4, 0.5) is 4.79 Å². The molecule has 1 aliphatic heterocycles. The van der Waals surface area contributed by atoms with Gasteiger partial charge >= 0.3 is 6.09 Å². The largest absolute Gasteiger partial charge is 0.444 e. The van der Waals surface area contributed by atoms with Crippen molar-refractivity contribution in [3.8, 4) is 0 Å². The average Bonchev–Trinajstić information content (AvgIpc) is 2.60. The van der Waals surface area contributed by atoms with E-state index < -0.39 is 11.1 Å². The lowest BCUT2D eigenvalue weighted by molar-refractivity contribution is -0.117. The molecule has 0 N–H and O–H groups in total. The van der Waals surface area contributed by atoms with Crippen LogP contribution in [-0.4, -0.2) is 35.0 Å². The quantitative estimate of drug-likeness (QED) is 0.714. The SMILES string of the molecule is CCC[C@@]1(C=O)CCCN1C(=O)OC(C)(C)C. The number of ether oxygens (including phenoxy) is 1. The summed E-state index contributed by atoms with van der Waals surface area (Å²) in [7, 11) is 0. The van der Waals surface area contributed by atoms with Gasteiger partial charge in [0.15, 0.2) is 0 Å². The van der Waals surface area contributed by atoms with Crippen molar-refractivity contribution >= 4 is 12.4 Å². The van der Waals surface area contributed by atoms with E-state index in [-0.39, 0.29) is 6.09 Å². The van der Waals surface area contributed by atoms with Gasteiger partial charge in [-0.2, -0.15) is 0 Å². The predicted molar refractivity (Wildman–Crippen MR) is 65.9 cm³/mol. The second-order valence-corrected chi connectivity index (χ2v) is 5.71. The maximum atomic E-state index is 12.1. The number of likely N-dealkylation sites (tertiary alicyclic amines) is 1. The van der Waals surface area contributed by atoms with Gasteiger partial charge in [-0.25, -0.2) is 4.79 Å². The van der Waals surface area contributed by atoms with Crippen molar-refractivity contribution in [2.45, 2.75) is 64.5 Å². The zero-order valence-electron chi connectivity index (χ0n) is 11.3. The van der Waals surface area contributed by atoms with Gasteiger partial charge in [0, 0.05) is 6.54 Å². The van der Waals surface area contributed by atoms with E-state index in [2.05, 4.69) is 0 Å². The Hall–Kier alpha value is -1.06. The van der Waals surface area contributed by atoms with Crippen LogP contribution in [-0.2, 0) is 9.53 Å². The van der Waals surface area contributed by atoms with Crippen LogP contribution >= 0.6 is 0 Å². The van der Waals surface area contributed by atoms with Crippen molar-refractivity contribution in [2.24, 2.45) is 0 Å². The number of hydrogen-bond acceptors (Lipinski definition) is 3. The van der Waals surface area contributed by atoms with Gasteiger partial charge in [-0.15, -0.1) is 0 Å². The molecule has 0 saturated carbocycles. The number of carbonyl (C=O) groups excluding carboxylic acids is 2. The number of nitrogens with zero attached hydrogens (tertiary/aromatic N) is 1. The molecule has 1 rings (SSSR count). The van der Waals surface area contributed by atoms with Gasteiger partial charge in [-0.1, -0.05) is 13.3 Å². The first-order chi connectivity index (χ1) is 7.84. The molecule has 0 unspecified atom stereocenters. The van der Waals surface area contributed by atoms with Gasteiger partial charge in [0.1, 0.15) is 17.4 Å². The van der Waals surface area contributed by atoms with Gasteiger partial charge in [-0.3, -0.25) is 4.90 Å². The lowest BCUT2D eigenvalue weighted by Crippen LogP contribution is -2.50. The highest BCUT2D eigenvalue weighted by atomic mass is 16.6. The normalized spacial score (nSPS) is 24.8. The Morgan fingerprint density at radius 2 is 2.12 bits per heavy atom. The molecule has 0 aliphatic carbocycles. The predicted octanol–water partition coefficient (Wildman–Crippen LogP) is 2.76. The lowest BCUT2D eigenvalue weighted by Gasteiger charge is -2.34. The zero-order valence-corrected chi connectivity index (χ0v) is 11.3. The van der Waals surface area contributed by atoms with E-state index >= 15 is 0 Å². The lowest BCUT2D eigenvalue weighted by atomic mass is 9.93. The van der Waals surface area contributed by atoms with Crippen molar-refractivity contribution in [1.29, 1.82) is 0 Å². The number of hydrogen-bond donors (Lipinski definition) is 0. The van der Waals surface area contributed by atoms with Crippen LogP contribution in [0, 0.1) is 0 Å². The van der Waals surface area contributed by atoms with Crippen LogP contribution in [0.2, 0.25) is 0 Å². The van der Waals surface area contributed by atoms with Crippen LogP contribution in [0.25, 0.3) is 0 Å². The third-order valence-electron chi connectivity index (χ3n) is 3.05.